The van der Waals surface area contributed by atoms with Crippen molar-refractivity contribution in [2.75, 3.05) is 23.5 Å². The Kier molecular flexibility index (Phi) is 2.47. The lowest BCUT2D eigenvalue weighted by Gasteiger charge is -2.18. The third-order valence-corrected chi connectivity index (χ3v) is 3.35. The summed E-state index contributed by atoms with van der Waals surface area (Å²) in [5, 5.41) is 0. The summed E-state index contributed by atoms with van der Waals surface area (Å²) in [6, 6.07) is 10.8. The maximum atomic E-state index is 4.57. The van der Waals surface area contributed by atoms with Crippen LogP contribution in [0.2, 0.25) is 0 Å². The highest BCUT2D eigenvalue weighted by Crippen LogP contribution is 2.38. The number of pyridine rings is 1. The van der Waals surface area contributed by atoms with E-state index in [1.807, 2.05) is 6.20 Å². The van der Waals surface area contributed by atoms with Crippen molar-refractivity contribution in [3.05, 3.63) is 47.7 Å². The van der Waals surface area contributed by atoms with Gasteiger partial charge in [0.2, 0.25) is 0 Å². The topological polar surface area (TPSA) is 19.4 Å². The fourth-order valence-corrected chi connectivity index (χ4v) is 2.32. The summed E-state index contributed by atoms with van der Waals surface area (Å²) in [7, 11) is 2.11. The van der Waals surface area contributed by atoms with Crippen molar-refractivity contribution in [1.82, 2.24) is 4.98 Å². The molecule has 1 aliphatic heterocycles. The van der Waals surface area contributed by atoms with E-state index in [-0.39, 0.29) is 0 Å². The molecule has 0 saturated carbocycles. The third kappa shape index (κ3) is 1.72. The summed E-state index contributed by atoms with van der Waals surface area (Å²) in [5.41, 5.74) is 4.88. The molecular weight excluding hydrogens is 222 g/mol. The zero-order valence-corrected chi connectivity index (χ0v) is 11.0. The molecule has 0 amide bonds. The Balaban J connectivity index is 2.05. The van der Waals surface area contributed by atoms with Crippen molar-refractivity contribution >= 4 is 17.2 Å². The second-order valence-corrected chi connectivity index (χ2v) is 4.96. The molecule has 18 heavy (non-hydrogen) atoms. The van der Waals surface area contributed by atoms with Gasteiger partial charge in [0.15, 0.2) is 5.82 Å². The summed E-state index contributed by atoms with van der Waals surface area (Å²) in [4.78, 5) is 9.05. The van der Waals surface area contributed by atoms with Crippen LogP contribution in [-0.4, -0.2) is 18.7 Å². The van der Waals surface area contributed by atoms with Gasteiger partial charge in [-0.15, -0.1) is 0 Å². The summed E-state index contributed by atoms with van der Waals surface area (Å²) >= 11 is 0. The van der Waals surface area contributed by atoms with Crippen LogP contribution in [0.4, 0.5) is 17.2 Å². The van der Waals surface area contributed by atoms with Gasteiger partial charge in [-0.25, -0.2) is 4.98 Å². The van der Waals surface area contributed by atoms with Gasteiger partial charge in [0.1, 0.15) is 0 Å². The lowest BCUT2D eigenvalue weighted by atomic mass is 10.2. The molecule has 0 unspecified atom stereocenters. The zero-order valence-electron chi connectivity index (χ0n) is 11.0. The van der Waals surface area contributed by atoms with Crippen molar-refractivity contribution in [3.8, 4) is 0 Å². The van der Waals surface area contributed by atoms with Crippen molar-refractivity contribution < 1.29 is 0 Å². The number of anilines is 3. The van der Waals surface area contributed by atoms with Crippen LogP contribution >= 0.6 is 0 Å². The average molecular weight is 239 g/mol. The standard InChI is InChI=1S/C15H17N3/c1-11-4-6-13(7-5-11)18-10-17(3)14-8-12(2)9-16-15(14)18/h4-9H,10H2,1-3H3. The van der Waals surface area contributed by atoms with Crippen LogP contribution in [0.3, 0.4) is 0 Å². The van der Waals surface area contributed by atoms with Crippen LogP contribution in [0.25, 0.3) is 0 Å². The number of fused-ring (bicyclic) bond motifs is 1. The van der Waals surface area contributed by atoms with E-state index in [1.54, 1.807) is 0 Å². The maximum Gasteiger partial charge on any atom is 0.158 e. The first-order valence-corrected chi connectivity index (χ1v) is 6.17. The number of hydrogen-bond acceptors (Lipinski definition) is 3. The number of hydrogen-bond donors (Lipinski definition) is 0. The minimum absolute atomic E-state index is 0.856. The van der Waals surface area contributed by atoms with Crippen molar-refractivity contribution in [3.63, 3.8) is 0 Å². The van der Waals surface area contributed by atoms with Crippen LogP contribution in [0.5, 0.6) is 0 Å². The fraction of sp³-hybridized carbons (Fsp3) is 0.267. The Morgan fingerprint density at radius 3 is 2.50 bits per heavy atom. The molecule has 92 valence electrons. The number of benzene rings is 1. The summed E-state index contributed by atoms with van der Waals surface area (Å²) < 4.78 is 0. The van der Waals surface area contributed by atoms with Crippen molar-refractivity contribution in [2.45, 2.75) is 13.8 Å². The van der Waals surface area contributed by atoms with Gasteiger partial charge in [-0.3, -0.25) is 0 Å². The molecule has 0 bridgehead atoms. The van der Waals surface area contributed by atoms with Crippen LogP contribution in [0, 0.1) is 13.8 Å². The molecular formula is C15H17N3. The molecule has 1 aliphatic rings. The van der Waals surface area contributed by atoms with Gasteiger partial charge in [-0.1, -0.05) is 17.7 Å². The van der Waals surface area contributed by atoms with E-state index in [1.165, 1.54) is 22.5 Å². The number of rotatable bonds is 1. The Morgan fingerprint density at radius 1 is 1.06 bits per heavy atom. The smallest absolute Gasteiger partial charge is 0.158 e. The monoisotopic (exact) mass is 239 g/mol. The SMILES string of the molecule is Cc1ccc(N2CN(C)c3cc(C)cnc32)cc1. The Morgan fingerprint density at radius 2 is 1.78 bits per heavy atom. The van der Waals surface area contributed by atoms with Gasteiger partial charge in [0, 0.05) is 18.9 Å². The Labute approximate surface area is 108 Å². The van der Waals surface area contributed by atoms with Gasteiger partial charge < -0.3 is 9.80 Å². The van der Waals surface area contributed by atoms with E-state index in [0.717, 1.165) is 12.5 Å². The molecule has 0 saturated heterocycles. The molecule has 0 fully saturated rings. The van der Waals surface area contributed by atoms with Crippen molar-refractivity contribution in [1.29, 1.82) is 0 Å². The predicted octanol–water partition coefficient (Wildman–Crippen LogP) is 3.24. The molecule has 0 aliphatic carbocycles. The molecule has 0 spiro atoms. The molecule has 2 heterocycles. The van der Waals surface area contributed by atoms with Gasteiger partial charge in [-0.2, -0.15) is 0 Å². The van der Waals surface area contributed by atoms with Crippen LogP contribution < -0.4 is 9.80 Å². The van der Waals surface area contributed by atoms with Gasteiger partial charge >= 0.3 is 0 Å². The van der Waals surface area contributed by atoms with Gasteiger partial charge in [-0.05, 0) is 37.6 Å². The van der Waals surface area contributed by atoms with Crippen LogP contribution in [0.15, 0.2) is 36.5 Å². The molecule has 3 nitrogen and oxygen atoms in total. The van der Waals surface area contributed by atoms with Crippen molar-refractivity contribution in [2.24, 2.45) is 0 Å². The lowest BCUT2D eigenvalue weighted by Crippen LogP contribution is -2.24. The Bertz CT molecular complexity index is 575. The van der Waals surface area contributed by atoms with E-state index >= 15 is 0 Å². The molecule has 2 aromatic rings. The minimum atomic E-state index is 0.856. The largest absolute Gasteiger partial charge is 0.354 e. The Hall–Kier alpha value is -2.03. The molecule has 0 N–H and O–H groups in total. The molecule has 3 heteroatoms. The second-order valence-electron chi connectivity index (χ2n) is 4.96. The zero-order chi connectivity index (χ0) is 12.7. The van der Waals surface area contributed by atoms with Crippen LogP contribution in [0.1, 0.15) is 11.1 Å². The van der Waals surface area contributed by atoms with Crippen LogP contribution in [-0.2, 0) is 0 Å². The quantitative estimate of drug-likeness (QED) is 0.761. The fourth-order valence-electron chi connectivity index (χ4n) is 2.32. The highest BCUT2D eigenvalue weighted by Gasteiger charge is 2.25. The average Bonchev–Trinajstić information content (AvgIpc) is 2.68. The normalized spacial score (nSPS) is 13.9. The summed E-state index contributed by atoms with van der Waals surface area (Å²) in [5.74, 6) is 1.05. The summed E-state index contributed by atoms with van der Waals surface area (Å²) in [6.07, 6.45) is 1.93. The minimum Gasteiger partial charge on any atom is -0.354 e. The lowest BCUT2D eigenvalue weighted by molar-refractivity contribution is 0.944. The first-order chi connectivity index (χ1) is 8.65. The third-order valence-electron chi connectivity index (χ3n) is 3.35. The number of nitrogens with zero attached hydrogens (tertiary/aromatic N) is 3. The van der Waals surface area contributed by atoms with E-state index in [4.69, 9.17) is 0 Å². The van der Waals surface area contributed by atoms with E-state index < -0.39 is 0 Å². The second kappa shape index (κ2) is 4.02. The highest BCUT2D eigenvalue weighted by atomic mass is 15.4. The van der Waals surface area contributed by atoms with E-state index in [0.29, 0.717) is 0 Å². The maximum absolute atomic E-state index is 4.57. The molecule has 3 rings (SSSR count). The number of aromatic nitrogens is 1. The predicted molar refractivity (Wildman–Crippen MR) is 75.6 cm³/mol. The molecule has 0 radical (unpaired) electrons. The highest BCUT2D eigenvalue weighted by molar-refractivity contribution is 5.79. The van der Waals surface area contributed by atoms with E-state index in [9.17, 15) is 0 Å². The van der Waals surface area contributed by atoms with Gasteiger partial charge in [0.05, 0.1) is 12.4 Å². The van der Waals surface area contributed by atoms with E-state index in [2.05, 4.69) is 66.0 Å². The van der Waals surface area contributed by atoms with Gasteiger partial charge in [0.25, 0.3) is 0 Å². The number of aryl methyl sites for hydroxylation is 2. The summed E-state index contributed by atoms with van der Waals surface area (Å²) in [6.45, 7) is 5.04. The molecule has 1 aromatic heterocycles. The molecule has 1 aromatic carbocycles. The molecule has 0 atom stereocenters. The first-order valence-electron chi connectivity index (χ1n) is 6.17. The first kappa shape index (κ1) is 11.1.